The van der Waals surface area contributed by atoms with Crippen molar-refractivity contribution >= 4 is 11.4 Å². The highest BCUT2D eigenvalue weighted by Crippen LogP contribution is 2.19. The van der Waals surface area contributed by atoms with Gasteiger partial charge in [-0.05, 0) is 36.2 Å². The average Bonchev–Trinajstić information content (AvgIpc) is 2.42. The van der Waals surface area contributed by atoms with Gasteiger partial charge in [0.2, 0.25) is 0 Å². The van der Waals surface area contributed by atoms with E-state index in [4.69, 9.17) is 11.0 Å². The van der Waals surface area contributed by atoms with Crippen LogP contribution in [0.4, 0.5) is 15.8 Å². The number of hydrogen-bond donors (Lipinski definition) is 2. The molecule has 0 amide bonds. The molecule has 0 unspecified atom stereocenters. The van der Waals surface area contributed by atoms with Crippen LogP contribution in [0.1, 0.15) is 11.1 Å². The molecular formula is C15H14FN3. The molecular weight excluding hydrogens is 241 g/mol. The largest absolute Gasteiger partial charge is 0.397 e. The Morgan fingerprint density at radius 2 is 2.00 bits per heavy atom. The first-order valence-corrected chi connectivity index (χ1v) is 5.97. The van der Waals surface area contributed by atoms with Gasteiger partial charge in [-0.2, -0.15) is 5.26 Å². The molecule has 2 aromatic carbocycles. The Kier molecular flexibility index (Phi) is 3.99. The van der Waals surface area contributed by atoms with Crippen molar-refractivity contribution in [1.29, 1.82) is 5.26 Å². The molecule has 0 saturated carbocycles. The van der Waals surface area contributed by atoms with Crippen LogP contribution in [0.25, 0.3) is 0 Å². The van der Waals surface area contributed by atoms with E-state index in [9.17, 15) is 4.39 Å². The SMILES string of the molecule is N#Cc1ccc(NCCc2ccccc2F)c(N)c1. The molecule has 0 atom stereocenters. The smallest absolute Gasteiger partial charge is 0.126 e. The van der Waals surface area contributed by atoms with Gasteiger partial charge in [-0.25, -0.2) is 4.39 Å². The molecule has 0 radical (unpaired) electrons. The van der Waals surface area contributed by atoms with E-state index in [0.717, 1.165) is 5.69 Å². The number of hydrogen-bond acceptors (Lipinski definition) is 3. The summed E-state index contributed by atoms with van der Waals surface area (Å²) in [7, 11) is 0. The van der Waals surface area contributed by atoms with Crippen molar-refractivity contribution in [1.82, 2.24) is 0 Å². The van der Waals surface area contributed by atoms with Gasteiger partial charge in [0, 0.05) is 6.54 Å². The maximum Gasteiger partial charge on any atom is 0.126 e. The Balaban J connectivity index is 1.97. The zero-order valence-corrected chi connectivity index (χ0v) is 10.4. The van der Waals surface area contributed by atoms with E-state index >= 15 is 0 Å². The summed E-state index contributed by atoms with van der Waals surface area (Å²) in [5.41, 5.74) is 8.29. The topological polar surface area (TPSA) is 61.8 Å². The molecule has 0 aliphatic heterocycles. The zero-order valence-electron chi connectivity index (χ0n) is 10.4. The molecule has 4 heteroatoms. The lowest BCUT2D eigenvalue weighted by atomic mass is 10.1. The monoisotopic (exact) mass is 255 g/mol. The highest BCUT2D eigenvalue weighted by Gasteiger charge is 2.02. The van der Waals surface area contributed by atoms with Gasteiger partial charge < -0.3 is 11.1 Å². The lowest BCUT2D eigenvalue weighted by Gasteiger charge is -2.09. The molecule has 2 rings (SSSR count). The number of rotatable bonds is 4. The number of nitrogen functional groups attached to an aromatic ring is 1. The van der Waals surface area contributed by atoms with Crippen LogP contribution in [0.15, 0.2) is 42.5 Å². The van der Waals surface area contributed by atoms with Crippen molar-refractivity contribution in [3.05, 3.63) is 59.4 Å². The lowest BCUT2D eigenvalue weighted by molar-refractivity contribution is 0.610. The van der Waals surface area contributed by atoms with Gasteiger partial charge in [0.1, 0.15) is 5.82 Å². The Morgan fingerprint density at radius 3 is 2.68 bits per heavy atom. The molecule has 0 aliphatic carbocycles. The Morgan fingerprint density at radius 1 is 1.21 bits per heavy atom. The molecule has 3 N–H and O–H groups in total. The summed E-state index contributed by atoms with van der Waals surface area (Å²) in [6.45, 7) is 0.580. The second-order valence-corrected chi connectivity index (χ2v) is 4.18. The highest BCUT2D eigenvalue weighted by molar-refractivity contribution is 5.68. The summed E-state index contributed by atoms with van der Waals surface area (Å²) < 4.78 is 13.4. The third-order valence-corrected chi connectivity index (χ3v) is 2.85. The Labute approximate surface area is 111 Å². The summed E-state index contributed by atoms with van der Waals surface area (Å²) >= 11 is 0. The zero-order chi connectivity index (χ0) is 13.7. The summed E-state index contributed by atoms with van der Waals surface area (Å²) in [4.78, 5) is 0. The molecule has 3 nitrogen and oxygen atoms in total. The summed E-state index contributed by atoms with van der Waals surface area (Å²) in [5, 5.41) is 11.9. The molecule has 19 heavy (non-hydrogen) atoms. The van der Waals surface area contributed by atoms with Crippen molar-refractivity contribution in [2.45, 2.75) is 6.42 Å². The third-order valence-electron chi connectivity index (χ3n) is 2.85. The molecule has 0 fully saturated rings. The van der Waals surface area contributed by atoms with Crippen LogP contribution in [0, 0.1) is 17.1 Å². The predicted molar refractivity (Wildman–Crippen MR) is 74.2 cm³/mol. The van der Waals surface area contributed by atoms with E-state index in [0.29, 0.717) is 29.8 Å². The molecule has 0 bridgehead atoms. The average molecular weight is 255 g/mol. The second-order valence-electron chi connectivity index (χ2n) is 4.18. The standard InChI is InChI=1S/C15H14FN3/c16-13-4-2-1-3-12(13)7-8-19-15-6-5-11(10-17)9-14(15)18/h1-6,9,19H,7-8,18H2. The third kappa shape index (κ3) is 3.23. The maximum absolute atomic E-state index is 13.4. The van der Waals surface area contributed by atoms with Gasteiger partial charge in [-0.1, -0.05) is 18.2 Å². The predicted octanol–water partition coefficient (Wildman–Crippen LogP) is 2.93. The van der Waals surface area contributed by atoms with Crippen LogP contribution in [0.2, 0.25) is 0 Å². The van der Waals surface area contributed by atoms with Gasteiger partial charge in [-0.3, -0.25) is 0 Å². The van der Waals surface area contributed by atoms with Crippen molar-refractivity contribution in [2.75, 3.05) is 17.6 Å². The number of nitrogens with two attached hydrogens (primary N) is 1. The number of halogens is 1. The molecule has 0 heterocycles. The van der Waals surface area contributed by atoms with Gasteiger partial charge >= 0.3 is 0 Å². The normalized spacial score (nSPS) is 9.89. The van der Waals surface area contributed by atoms with Gasteiger partial charge in [0.05, 0.1) is 23.0 Å². The quantitative estimate of drug-likeness (QED) is 0.826. The summed E-state index contributed by atoms with van der Waals surface area (Å²) in [5.74, 6) is -0.197. The van der Waals surface area contributed by atoms with E-state index in [2.05, 4.69) is 5.32 Å². The van der Waals surface area contributed by atoms with E-state index in [1.54, 1.807) is 30.3 Å². The van der Waals surface area contributed by atoms with Crippen molar-refractivity contribution in [3.63, 3.8) is 0 Å². The van der Waals surface area contributed by atoms with Crippen LogP contribution >= 0.6 is 0 Å². The van der Waals surface area contributed by atoms with Gasteiger partial charge in [0.15, 0.2) is 0 Å². The van der Waals surface area contributed by atoms with Crippen molar-refractivity contribution in [3.8, 4) is 6.07 Å². The van der Waals surface area contributed by atoms with Crippen LogP contribution < -0.4 is 11.1 Å². The van der Waals surface area contributed by atoms with E-state index in [-0.39, 0.29) is 5.82 Å². The highest BCUT2D eigenvalue weighted by atomic mass is 19.1. The minimum atomic E-state index is -0.197. The lowest BCUT2D eigenvalue weighted by Crippen LogP contribution is -2.08. The number of nitrogens with zero attached hydrogens (tertiary/aromatic N) is 1. The van der Waals surface area contributed by atoms with Crippen LogP contribution in [0.3, 0.4) is 0 Å². The molecule has 96 valence electrons. The van der Waals surface area contributed by atoms with Crippen molar-refractivity contribution in [2.24, 2.45) is 0 Å². The van der Waals surface area contributed by atoms with Crippen LogP contribution in [-0.2, 0) is 6.42 Å². The van der Waals surface area contributed by atoms with Crippen molar-refractivity contribution < 1.29 is 4.39 Å². The number of benzene rings is 2. The number of nitrogens with one attached hydrogen (secondary N) is 1. The first kappa shape index (κ1) is 12.9. The van der Waals surface area contributed by atoms with Gasteiger partial charge in [-0.15, -0.1) is 0 Å². The van der Waals surface area contributed by atoms with Gasteiger partial charge in [0.25, 0.3) is 0 Å². The maximum atomic E-state index is 13.4. The van der Waals surface area contributed by atoms with E-state index in [1.165, 1.54) is 6.07 Å². The molecule has 0 aromatic heterocycles. The minimum Gasteiger partial charge on any atom is -0.397 e. The second kappa shape index (κ2) is 5.87. The Hall–Kier alpha value is -2.54. The Bertz CT molecular complexity index is 617. The molecule has 0 aliphatic rings. The fourth-order valence-corrected chi connectivity index (χ4v) is 1.83. The number of nitriles is 1. The fourth-order valence-electron chi connectivity index (χ4n) is 1.83. The van der Waals surface area contributed by atoms with Crippen LogP contribution in [0.5, 0.6) is 0 Å². The van der Waals surface area contributed by atoms with Crippen LogP contribution in [-0.4, -0.2) is 6.54 Å². The number of anilines is 2. The minimum absolute atomic E-state index is 0.197. The first-order valence-electron chi connectivity index (χ1n) is 5.97. The summed E-state index contributed by atoms with van der Waals surface area (Å²) in [6, 6.07) is 13.8. The molecule has 2 aromatic rings. The van der Waals surface area contributed by atoms with E-state index < -0.39 is 0 Å². The summed E-state index contributed by atoms with van der Waals surface area (Å²) in [6.07, 6.45) is 0.576. The van der Waals surface area contributed by atoms with E-state index in [1.807, 2.05) is 12.1 Å². The first-order chi connectivity index (χ1) is 9.20. The molecule has 0 spiro atoms. The molecule has 0 saturated heterocycles. The fraction of sp³-hybridized carbons (Fsp3) is 0.133.